The molecule has 2 fully saturated rings. The van der Waals surface area contributed by atoms with Gasteiger partial charge < -0.3 is 19.5 Å². The zero-order chi connectivity index (χ0) is 13.7. The van der Waals surface area contributed by atoms with E-state index in [1.807, 2.05) is 18.2 Å². The molecule has 0 spiro atoms. The van der Waals surface area contributed by atoms with E-state index >= 15 is 0 Å². The van der Waals surface area contributed by atoms with Crippen molar-refractivity contribution in [3.05, 3.63) is 24.3 Å². The molecule has 5 heteroatoms. The highest BCUT2D eigenvalue weighted by molar-refractivity contribution is 5.83. The Morgan fingerprint density at radius 2 is 1.95 bits per heavy atom. The number of carbonyl (C=O) groups excluding carboxylic acids is 1. The summed E-state index contributed by atoms with van der Waals surface area (Å²) in [5.41, 5.74) is -0.650. The molecule has 1 N–H and O–H groups in total. The van der Waals surface area contributed by atoms with Crippen LogP contribution in [0.1, 0.15) is 12.8 Å². The smallest absolute Gasteiger partial charge is 0.267 e. The van der Waals surface area contributed by atoms with Gasteiger partial charge in [0.2, 0.25) is 6.10 Å². The van der Waals surface area contributed by atoms with Gasteiger partial charge in [0, 0.05) is 0 Å². The summed E-state index contributed by atoms with van der Waals surface area (Å²) in [5.74, 6) is 1.57. The quantitative estimate of drug-likeness (QED) is 0.867. The highest BCUT2D eigenvalue weighted by atomic mass is 16.6. The van der Waals surface area contributed by atoms with E-state index in [2.05, 4.69) is 0 Å². The van der Waals surface area contributed by atoms with Crippen molar-refractivity contribution in [1.29, 1.82) is 0 Å². The van der Waals surface area contributed by atoms with Gasteiger partial charge in [0.05, 0.1) is 13.1 Å². The summed E-state index contributed by atoms with van der Waals surface area (Å²) in [6.45, 7) is 1.09. The van der Waals surface area contributed by atoms with Crippen LogP contribution in [0.15, 0.2) is 24.3 Å². The van der Waals surface area contributed by atoms with Crippen LogP contribution in [0.5, 0.6) is 11.5 Å². The Labute approximate surface area is 117 Å². The van der Waals surface area contributed by atoms with Crippen molar-refractivity contribution in [3.8, 4) is 11.5 Å². The Kier molecular flexibility index (Phi) is 2.48. The Morgan fingerprint density at radius 3 is 2.65 bits per heavy atom. The number of para-hydroxylation sites is 2. The molecule has 1 aromatic carbocycles. The second-order valence-electron chi connectivity index (χ2n) is 5.94. The monoisotopic (exact) mass is 275 g/mol. The van der Waals surface area contributed by atoms with Crippen molar-refractivity contribution in [3.63, 3.8) is 0 Å². The maximum Gasteiger partial charge on any atom is 0.267 e. The van der Waals surface area contributed by atoms with E-state index in [4.69, 9.17) is 9.47 Å². The molecular formula is C15H17NO4. The molecule has 0 radical (unpaired) electrons. The van der Waals surface area contributed by atoms with E-state index in [-0.39, 0.29) is 12.5 Å². The largest absolute Gasteiger partial charge is 0.485 e. The molecule has 1 unspecified atom stereocenters. The number of amides is 1. The first-order valence-electron chi connectivity index (χ1n) is 7.05. The van der Waals surface area contributed by atoms with Gasteiger partial charge in [-0.2, -0.15) is 0 Å². The standard InChI is InChI=1S/C15H17NO4/c17-14(16-8-15(18,9-16)10-5-6-10)13-7-19-11-3-1-2-4-12(11)20-13/h1-4,10,13,18H,5-9H2. The van der Waals surface area contributed by atoms with E-state index < -0.39 is 11.7 Å². The van der Waals surface area contributed by atoms with Crippen LogP contribution < -0.4 is 9.47 Å². The molecule has 1 atom stereocenters. The molecule has 20 heavy (non-hydrogen) atoms. The second kappa shape index (κ2) is 4.12. The molecule has 4 rings (SSSR count). The van der Waals surface area contributed by atoms with E-state index in [9.17, 15) is 9.90 Å². The highest BCUT2D eigenvalue weighted by Crippen LogP contribution is 2.44. The molecule has 1 aliphatic carbocycles. The molecule has 106 valence electrons. The van der Waals surface area contributed by atoms with Crippen LogP contribution in [0.4, 0.5) is 0 Å². The Bertz CT molecular complexity index is 549. The third-order valence-electron chi connectivity index (χ3n) is 4.36. The minimum absolute atomic E-state index is 0.0928. The molecule has 1 saturated heterocycles. The second-order valence-corrected chi connectivity index (χ2v) is 5.94. The van der Waals surface area contributed by atoms with Crippen LogP contribution >= 0.6 is 0 Å². The average Bonchev–Trinajstić information content (AvgIpc) is 3.27. The molecule has 1 amide bonds. The summed E-state index contributed by atoms with van der Waals surface area (Å²) in [4.78, 5) is 14.0. The van der Waals surface area contributed by atoms with Crippen LogP contribution in [-0.2, 0) is 4.79 Å². The summed E-state index contributed by atoms with van der Waals surface area (Å²) in [6.07, 6.45) is 1.55. The van der Waals surface area contributed by atoms with Crippen LogP contribution in [0.3, 0.4) is 0 Å². The molecule has 2 aliphatic heterocycles. The van der Waals surface area contributed by atoms with E-state index in [0.717, 1.165) is 12.8 Å². The number of likely N-dealkylation sites (tertiary alicyclic amines) is 1. The molecule has 3 aliphatic rings. The van der Waals surface area contributed by atoms with Gasteiger partial charge in [-0.25, -0.2) is 0 Å². The number of nitrogens with zero attached hydrogens (tertiary/aromatic N) is 1. The summed E-state index contributed by atoms with van der Waals surface area (Å²) < 4.78 is 11.2. The zero-order valence-electron chi connectivity index (χ0n) is 11.1. The van der Waals surface area contributed by atoms with Gasteiger partial charge in [0.15, 0.2) is 11.5 Å². The third-order valence-corrected chi connectivity index (χ3v) is 4.36. The van der Waals surface area contributed by atoms with Crippen molar-refractivity contribution in [1.82, 2.24) is 4.90 Å². The van der Waals surface area contributed by atoms with Gasteiger partial charge in [0.1, 0.15) is 12.2 Å². The first kappa shape index (κ1) is 12.0. The van der Waals surface area contributed by atoms with E-state index in [1.54, 1.807) is 11.0 Å². The lowest BCUT2D eigenvalue weighted by Crippen LogP contribution is -2.67. The maximum atomic E-state index is 12.3. The van der Waals surface area contributed by atoms with Crippen LogP contribution in [-0.4, -0.2) is 47.3 Å². The fraction of sp³-hybridized carbons (Fsp3) is 0.533. The minimum Gasteiger partial charge on any atom is -0.485 e. The Hall–Kier alpha value is -1.75. The van der Waals surface area contributed by atoms with Crippen molar-refractivity contribution in [2.24, 2.45) is 5.92 Å². The maximum absolute atomic E-state index is 12.3. The number of benzene rings is 1. The summed E-state index contributed by atoms with van der Waals surface area (Å²) >= 11 is 0. The van der Waals surface area contributed by atoms with Crippen LogP contribution in [0, 0.1) is 5.92 Å². The van der Waals surface area contributed by atoms with Crippen LogP contribution in [0.2, 0.25) is 0 Å². The molecule has 1 aromatic rings. The van der Waals surface area contributed by atoms with Crippen molar-refractivity contribution in [2.45, 2.75) is 24.5 Å². The first-order valence-corrected chi connectivity index (χ1v) is 7.05. The fourth-order valence-electron chi connectivity index (χ4n) is 2.99. The lowest BCUT2D eigenvalue weighted by molar-refractivity contribution is -0.168. The number of carbonyl (C=O) groups is 1. The number of aliphatic hydroxyl groups is 1. The SMILES string of the molecule is O=C(C1COc2ccccc2O1)N1CC(O)(C2CC2)C1. The highest BCUT2D eigenvalue weighted by Gasteiger charge is 2.54. The number of hydrogen-bond acceptors (Lipinski definition) is 4. The Balaban J connectivity index is 1.41. The molecule has 0 aromatic heterocycles. The molecule has 1 saturated carbocycles. The van der Waals surface area contributed by atoms with Gasteiger partial charge in [-0.05, 0) is 30.9 Å². The topological polar surface area (TPSA) is 59.0 Å². The van der Waals surface area contributed by atoms with Crippen molar-refractivity contribution >= 4 is 5.91 Å². The Morgan fingerprint density at radius 1 is 1.25 bits per heavy atom. The normalized spacial score (nSPS) is 26.9. The van der Waals surface area contributed by atoms with Crippen molar-refractivity contribution in [2.75, 3.05) is 19.7 Å². The molecular weight excluding hydrogens is 258 g/mol. The minimum atomic E-state index is -0.650. The fourth-order valence-corrected chi connectivity index (χ4v) is 2.99. The molecule has 2 heterocycles. The van der Waals surface area contributed by atoms with Gasteiger partial charge in [-0.1, -0.05) is 12.1 Å². The summed E-state index contributed by atoms with van der Waals surface area (Å²) in [7, 11) is 0. The number of rotatable bonds is 2. The zero-order valence-corrected chi connectivity index (χ0v) is 11.1. The predicted molar refractivity (Wildman–Crippen MR) is 70.6 cm³/mol. The third kappa shape index (κ3) is 1.85. The number of β-amino-alcohol motifs (C(OH)–C–C–N with tert-alkyl or cyclic N) is 1. The van der Waals surface area contributed by atoms with Crippen molar-refractivity contribution < 1.29 is 19.4 Å². The number of hydrogen-bond donors (Lipinski definition) is 1. The van der Waals surface area contributed by atoms with Gasteiger partial charge in [-0.15, -0.1) is 0 Å². The van der Waals surface area contributed by atoms with Crippen LogP contribution in [0.25, 0.3) is 0 Å². The number of ether oxygens (including phenoxy) is 2. The lowest BCUT2D eigenvalue weighted by Gasteiger charge is -2.48. The summed E-state index contributed by atoms with van der Waals surface area (Å²) in [5, 5.41) is 10.3. The molecule has 0 bridgehead atoms. The number of fused-ring (bicyclic) bond motifs is 1. The molecule has 5 nitrogen and oxygen atoms in total. The predicted octanol–water partition coefficient (Wildman–Crippen LogP) is 0.810. The summed E-state index contributed by atoms with van der Waals surface area (Å²) in [6, 6.07) is 7.34. The average molecular weight is 275 g/mol. The van der Waals surface area contributed by atoms with E-state index in [0.29, 0.717) is 30.5 Å². The van der Waals surface area contributed by atoms with E-state index in [1.165, 1.54) is 0 Å². The van der Waals surface area contributed by atoms with Gasteiger partial charge in [0.25, 0.3) is 5.91 Å². The van der Waals surface area contributed by atoms with Gasteiger partial charge in [-0.3, -0.25) is 4.79 Å². The van der Waals surface area contributed by atoms with Gasteiger partial charge >= 0.3 is 0 Å². The first-order chi connectivity index (χ1) is 9.66. The lowest BCUT2D eigenvalue weighted by atomic mass is 9.88.